The Kier molecular flexibility index (Phi) is 10.1. The van der Waals surface area contributed by atoms with Crippen LogP contribution in [-0.4, -0.2) is 40.0 Å². The zero-order chi connectivity index (χ0) is 21.2. The lowest BCUT2D eigenvalue weighted by molar-refractivity contribution is -0.151. The number of amides is 1. The first-order valence-electron chi connectivity index (χ1n) is 11.2. The number of aryl methyl sites for hydroxylation is 1. The molecule has 0 spiro atoms. The van der Waals surface area contributed by atoms with E-state index in [0.29, 0.717) is 11.3 Å². The monoisotopic (exact) mass is 419 g/mol. The molecule has 0 aromatic heterocycles. The van der Waals surface area contributed by atoms with E-state index in [9.17, 15) is 9.59 Å². The number of esters is 1. The number of hydrogen-bond acceptors (Lipinski definition) is 4. The Labute approximate surface area is 180 Å². The lowest BCUT2D eigenvalue weighted by atomic mass is 10.0. The van der Waals surface area contributed by atoms with E-state index in [1.807, 2.05) is 26.0 Å². The largest absolute Gasteiger partial charge is 0.461 e. The highest BCUT2D eigenvalue weighted by molar-refractivity contribution is 8.00. The number of ether oxygens (including phenoxy) is 1. The molecule has 4 nitrogen and oxygen atoms in total. The number of benzene rings is 1. The molecule has 162 valence electrons. The van der Waals surface area contributed by atoms with Crippen molar-refractivity contribution in [3.63, 3.8) is 0 Å². The van der Waals surface area contributed by atoms with Gasteiger partial charge < -0.3 is 9.64 Å². The first-order chi connectivity index (χ1) is 14.0. The number of carbonyl (C=O) groups is 2. The summed E-state index contributed by atoms with van der Waals surface area (Å²) >= 11 is 1.71. The van der Waals surface area contributed by atoms with Crippen molar-refractivity contribution < 1.29 is 14.3 Å². The molecule has 0 saturated carbocycles. The van der Waals surface area contributed by atoms with Crippen LogP contribution in [0.15, 0.2) is 24.3 Å². The predicted molar refractivity (Wildman–Crippen MR) is 121 cm³/mol. The second-order valence-corrected chi connectivity index (χ2v) is 9.36. The molecule has 1 aromatic rings. The average Bonchev–Trinajstić information content (AvgIpc) is 3.12. The van der Waals surface area contributed by atoms with Gasteiger partial charge in [0.25, 0.3) is 5.91 Å². The molecule has 1 amide bonds. The van der Waals surface area contributed by atoms with Gasteiger partial charge in [-0.25, -0.2) is 4.79 Å². The molecule has 0 radical (unpaired) electrons. The fraction of sp³-hybridized carbons (Fsp3) is 0.667. The summed E-state index contributed by atoms with van der Waals surface area (Å²) in [4.78, 5) is 27.8. The van der Waals surface area contributed by atoms with Crippen LogP contribution in [0, 0.1) is 0 Å². The SMILES string of the molecule is CCCCCc1ccc(C(=O)N2C(CCCCC)SCC2C(=O)OC(C)C)cc1. The van der Waals surface area contributed by atoms with Crippen molar-refractivity contribution in [3.05, 3.63) is 35.4 Å². The smallest absolute Gasteiger partial charge is 0.330 e. The molecule has 2 unspecified atom stereocenters. The summed E-state index contributed by atoms with van der Waals surface area (Å²) in [5, 5.41) is 0.0444. The molecule has 1 aromatic carbocycles. The molecular formula is C24H37NO3S. The Morgan fingerprint density at radius 1 is 1.07 bits per heavy atom. The fourth-order valence-corrected chi connectivity index (χ4v) is 5.10. The Balaban J connectivity index is 2.13. The van der Waals surface area contributed by atoms with Gasteiger partial charge in [-0.15, -0.1) is 11.8 Å². The van der Waals surface area contributed by atoms with Crippen LogP contribution < -0.4 is 0 Å². The molecule has 1 aliphatic heterocycles. The van der Waals surface area contributed by atoms with E-state index in [1.54, 1.807) is 16.7 Å². The zero-order valence-electron chi connectivity index (χ0n) is 18.5. The number of thioether (sulfide) groups is 1. The number of hydrogen-bond donors (Lipinski definition) is 0. The summed E-state index contributed by atoms with van der Waals surface area (Å²) in [5.74, 6) is 0.278. The minimum Gasteiger partial charge on any atom is -0.461 e. The maximum absolute atomic E-state index is 13.4. The lowest BCUT2D eigenvalue weighted by Crippen LogP contribution is -2.46. The predicted octanol–water partition coefficient (Wildman–Crippen LogP) is 5.83. The molecule has 5 heteroatoms. The molecule has 1 heterocycles. The van der Waals surface area contributed by atoms with Crippen molar-refractivity contribution in [1.82, 2.24) is 4.90 Å². The van der Waals surface area contributed by atoms with Gasteiger partial charge in [0.1, 0.15) is 6.04 Å². The minimum atomic E-state index is -0.495. The van der Waals surface area contributed by atoms with Crippen LogP contribution in [-0.2, 0) is 16.0 Å². The second kappa shape index (κ2) is 12.3. The Bertz CT molecular complexity index is 644. The van der Waals surface area contributed by atoms with Gasteiger partial charge in [-0.3, -0.25) is 4.79 Å². The van der Waals surface area contributed by atoms with Crippen molar-refractivity contribution in [2.75, 3.05) is 5.75 Å². The van der Waals surface area contributed by atoms with Crippen LogP contribution in [0.3, 0.4) is 0 Å². The molecule has 29 heavy (non-hydrogen) atoms. The quantitative estimate of drug-likeness (QED) is 0.334. The molecule has 2 atom stereocenters. The maximum Gasteiger partial charge on any atom is 0.330 e. The number of nitrogens with zero attached hydrogens (tertiary/aromatic N) is 1. The standard InChI is InChI=1S/C24H37NO3S/c1-5-7-9-11-19-13-15-20(16-14-19)23(26)25-21(24(27)28-18(3)4)17-29-22(25)12-10-8-6-2/h13-16,18,21-22H,5-12,17H2,1-4H3. The van der Waals surface area contributed by atoms with E-state index in [-0.39, 0.29) is 23.4 Å². The first kappa shape index (κ1) is 23.8. The second-order valence-electron chi connectivity index (χ2n) is 8.15. The van der Waals surface area contributed by atoms with Gasteiger partial charge >= 0.3 is 5.97 Å². The molecule has 0 aliphatic carbocycles. The third-order valence-corrected chi connectivity index (χ3v) is 6.63. The van der Waals surface area contributed by atoms with Gasteiger partial charge in [0.2, 0.25) is 0 Å². The Hall–Kier alpha value is -1.49. The molecule has 1 saturated heterocycles. The summed E-state index contributed by atoms with van der Waals surface area (Å²) < 4.78 is 5.45. The fourth-order valence-electron chi connectivity index (χ4n) is 3.66. The third kappa shape index (κ3) is 7.06. The van der Waals surface area contributed by atoms with E-state index in [2.05, 4.69) is 26.0 Å². The number of unbranched alkanes of at least 4 members (excludes halogenated alkanes) is 4. The summed E-state index contributed by atoms with van der Waals surface area (Å²) in [6, 6.07) is 7.45. The number of carbonyl (C=O) groups excluding carboxylic acids is 2. The van der Waals surface area contributed by atoms with E-state index in [4.69, 9.17) is 4.74 Å². The van der Waals surface area contributed by atoms with Crippen molar-refractivity contribution in [1.29, 1.82) is 0 Å². The summed E-state index contributed by atoms with van der Waals surface area (Å²) in [5.41, 5.74) is 1.93. The lowest BCUT2D eigenvalue weighted by Gasteiger charge is -2.29. The highest BCUT2D eigenvalue weighted by Gasteiger charge is 2.42. The molecule has 1 fully saturated rings. The van der Waals surface area contributed by atoms with Crippen LogP contribution >= 0.6 is 11.8 Å². The zero-order valence-corrected chi connectivity index (χ0v) is 19.3. The van der Waals surface area contributed by atoms with Gasteiger partial charge in [0, 0.05) is 11.3 Å². The van der Waals surface area contributed by atoms with Gasteiger partial charge in [0.15, 0.2) is 0 Å². The summed E-state index contributed by atoms with van der Waals surface area (Å²) in [6.45, 7) is 8.08. The van der Waals surface area contributed by atoms with Crippen LogP contribution in [0.4, 0.5) is 0 Å². The van der Waals surface area contributed by atoms with Crippen molar-refractivity contribution >= 4 is 23.6 Å². The average molecular weight is 420 g/mol. The highest BCUT2D eigenvalue weighted by Crippen LogP contribution is 2.34. The van der Waals surface area contributed by atoms with Crippen LogP contribution in [0.5, 0.6) is 0 Å². The van der Waals surface area contributed by atoms with Gasteiger partial charge in [-0.2, -0.15) is 0 Å². The van der Waals surface area contributed by atoms with Gasteiger partial charge in [-0.1, -0.05) is 58.1 Å². The number of rotatable bonds is 11. The van der Waals surface area contributed by atoms with Crippen molar-refractivity contribution in [2.45, 2.75) is 96.6 Å². The van der Waals surface area contributed by atoms with E-state index in [0.717, 1.165) is 32.1 Å². The van der Waals surface area contributed by atoms with E-state index >= 15 is 0 Å². The molecule has 1 aliphatic rings. The van der Waals surface area contributed by atoms with E-state index in [1.165, 1.54) is 24.8 Å². The van der Waals surface area contributed by atoms with Crippen LogP contribution in [0.25, 0.3) is 0 Å². The molecule has 2 rings (SSSR count). The van der Waals surface area contributed by atoms with Crippen molar-refractivity contribution in [3.8, 4) is 0 Å². The highest BCUT2D eigenvalue weighted by atomic mass is 32.2. The molecular weight excluding hydrogens is 382 g/mol. The van der Waals surface area contributed by atoms with E-state index < -0.39 is 6.04 Å². The summed E-state index contributed by atoms with van der Waals surface area (Å²) in [7, 11) is 0. The Morgan fingerprint density at radius 2 is 1.72 bits per heavy atom. The van der Waals surface area contributed by atoms with Crippen LogP contribution in [0.1, 0.15) is 88.6 Å². The first-order valence-corrected chi connectivity index (χ1v) is 12.3. The van der Waals surface area contributed by atoms with Crippen molar-refractivity contribution in [2.24, 2.45) is 0 Å². The molecule has 0 bridgehead atoms. The summed E-state index contributed by atoms with van der Waals surface area (Å²) in [6.07, 6.45) is 8.76. The van der Waals surface area contributed by atoms with Crippen LogP contribution in [0.2, 0.25) is 0 Å². The third-order valence-electron chi connectivity index (χ3n) is 5.28. The van der Waals surface area contributed by atoms with Gasteiger partial charge in [0.05, 0.1) is 11.5 Å². The minimum absolute atomic E-state index is 0.0444. The topological polar surface area (TPSA) is 46.6 Å². The normalized spacial score (nSPS) is 19.0. The molecule has 0 N–H and O–H groups in total. The maximum atomic E-state index is 13.4. The van der Waals surface area contributed by atoms with Gasteiger partial charge in [-0.05, 0) is 50.8 Å². The Morgan fingerprint density at radius 3 is 2.34 bits per heavy atom.